The fourth-order valence-electron chi connectivity index (χ4n) is 1.23. The number of allylic oxidation sites excluding steroid dienone is 4. The molecule has 2 unspecified atom stereocenters. The fraction of sp³-hybridized carbons (Fsp3) is 0.500. The van der Waals surface area contributed by atoms with Crippen molar-refractivity contribution in [3.63, 3.8) is 0 Å². The van der Waals surface area contributed by atoms with Crippen LogP contribution in [0, 0.1) is 5.92 Å². The van der Waals surface area contributed by atoms with Gasteiger partial charge in [-0.1, -0.05) is 44.7 Å². The summed E-state index contributed by atoms with van der Waals surface area (Å²) in [7, 11) is 0. The Morgan fingerprint density at radius 1 is 1.46 bits per heavy atom. The third-order valence-corrected chi connectivity index (χ3v) is 1.94. The third-order valence-electron chi connectivity index (χ3n) is 1.94. The second kappa shape index (κ2) is 6.67. The maximum absolute atomic E-state index is 5.72. The summed E-state index contributed by atoms with van der Waals surface area (Å²) in [5.74, 6) is 0.587. The van der Waals surface area contributed by atoms with E-state index < -0.39 is 0 Å². The van der Waals surface area contributed by atoms with Gasteiger partial charge in [0.05, 0.1) is 0 Å². The molecule has 1 aliphatic rings. The average molecular weight is 179 g/mol. The molecule has 0 spiro atoms. The van der Waals surface area contributed by atoms with Crippen LogP contribution in [0.2, 0.25) is 0 Å². The molecule has 1 rings (SSSR count). The monoisotopic (exact) mass is 179 g/mol. The molecule has 2 N–H and O–H groups in total. The minimum Gasteiger partial charge on any atom is -0.327 e. The normalized spacial score (nSPS) is 26.6. The van der Waals surface area contributed by atoms with E-state index in [4.69, 9.17) is 5.73 Å². The SMILES string of the molecule is C=C/C=C(\C=C/C)C1CC1N.CC. The first-order chi connectivity index (χ1) is 6.29. The van der Waals surface area contributed by atoms with Crippen LogP contribution in [0.15, 0.2) is 36.5 Å². The molecular formula is C12H21N. The van der Waals surface area contributed by atoms with Crippen LogP contribution in [0.1, 0.15) is 27.2 Å². The summed E-state index contributed by atoms with van der Waals surface area (Å²) < 4.78 is 0. The molecule has 0 amide bonds. The van der Waals surface area contributed by atoms with Gasteiger partial charge >= 0.3 is 0 Å². The minimum atomic E-state index is 0.386. The molecule has 1 saturated carbocycles. The molecule has 1 nitrogen and oxygen atoms in total. The number of hydrogen-bond donors (Lipinski definition) is 1. The predicted octanol–water partition coefficient (Wildman–Crippen LogP) is 3.05. The van der Waals surface area contributed by atoms with Crippen molar-refractivity contribution in [3.8, 4) is 0 Å². The Balaban J connectivity index is 0.000000671. The Kier molecular flexibility index (Phi) is 6.25. The number of nitrogens with two attached hydrogens (primary N) is 1. The highest BCUT2D eigenvalue weighted by Crippen LogP contribution is 2.35. The van der Waals surface area contributed by atoms with Gasteiger partial charge < -0.3 is 5.73 Å². The molecule has 0 saturated heterocycles. The van der Waals surface area contributed by atoms with Crippen molar-refractivity contribution in [2.75, 3.05) is 0 Å². The molecule has 13 heavy (non-hydrogen) atoms. The molecule has 2 atom stereocenters. The lowest BCUT2D eigenvalue weighted by molar-refractivity contribution is 0.941. The van der Waals surface area contributed by atoms with Crippen LogP contribution in [-0.4, -0.2) is 6.04 Å². The van der Waals surface area contributed by atoms with E-state index in [1.54, 1.807) is 0 Å². The van der Waals surface area contributed by atoms with Gasteiger partial charge in [0.15, 0.2) is 0 Å². The summed E-state index contributed by atoms with van der Waals surface area (Å²) in [6, 6.07) is 0.386. The number of rotatable bonds is 3. The van der Waals surface area contributed by atoms with E-state index in [2.05, 4.69) is 12.7 Å². The van der Waals surface area contributed by atoms with Crippen molar-refractivity contribution in [1.82, 2.24) is 0 Å². The molecule has 0 heterocycles. The first kappa shape index (κ1) is 12.2. The molecule has 1 fully saturated rings. The van der Waals surface area contributed by atoms with E-state index in [9.17, 15) is 0 Å². The van der Waals surface area contributed by atoms with E-state index in [-0.39, 0.29) is 0 Å². The Bertz CT molecular complexity index is 201. The molecule has 0 aromatic carbocycles. The lowest BCUT2D eigenvalue weighted by Gasteiger charge is -1.95. The molecule has 1 heteroatoms. The first-order valence-electron chi connectivity index (χ1n) is 5.00. The van der Waals surface area contributed by atoms with Gasteiger partial charge in [0.1, 0.15) is 0 Å². The van der Waals surface area contributed by atoms with Crippen molar-refractivity contribution in [3.05, 3.63) is 36.5 Å². The van der Waals surface area contributed by atoms with Gasteiger partial charge in [-0.25, -0.2) is 0 Å². The topological polar surface area (TPSA) is 26.0 Å². The van der Waals surface area contributed by atoms with Gasteiger partial charge in [-0.15, -0.1) is 0 Å². The van der Waals surface area contributed by atoms with Crippen LogP contribution in [0.25, 0.3) is 0 Å². The molecule has 0 aromatic heterocycles. The molecule has 0 aromatic rings. The highest BCUT2D eigenvalue weighted by molar-refractivity contribution is 5.31. The van der Waals surface area contributed by atoms with Crippen molar-refractivity contribution in [1.29, 1.82) is 0 Å². The van der Waals surface area contributed by atoms with Gasteiger partial charge in [0, 0.05) is 12.0 Å². The van der Waals surface area contributed by atoms with E-state index in [1.807, 2.05) is 39.0 Å². The van der Waals surface area contributed by atoms with E-state index in [0.29, 0.717) is 12.0 Å². The first-order valence-corrected chi connectivity index (χ1v) is 5.00. The van der Waals surface area contributed by atoms with Gasteiger partial charge in [-0.05, 0) is 18.9 Å². The van der Waals surface area contributed by atoms with Crippen LogP contribution in [-0.2, 0) is 0 Å². The third kappa shape index (κ3) is 4.09. The maximum Gasteiger partial charge on any atom is 0.0115 e. The van der Waals surface area contributed by atoms with Gasteiger partial charge in [0.2, 0.25) is 0 Å². The van der Waals surface area contributed by atoms with Gasteiger partial charge in [-0.2, -0.15) is 0 Å². The zero-order valence-corrected chi connectivity index (χ0v) is 8.96. The van der Waals surface area contributed by atoms with E-state index in [0.717, 1.165) is 6.42 Å². The molecule has 1 aliphatic carbocycles. The smallest absolute Gasteiger partial charge is 0.0115 e. The Labute approximate surface area is 82.0 Å². The Hall–Kier alpha value is -0.820. The second-order valence-corrected chi connectivity index (χ2v) is 2.91. The highest BCUT2D eigenvalue weighted by Gasteiger charge is 2.34. The van der Waals surface area contributed by atoms with Crippen LogP contribution >= 0.6 is 0 Å². The van der Waals surface area contributed by atoms with E-state index in [1.165, 1.54) is 5.57 Å². The summed E-state index contributed by atoms with van der Waals surface area (Å²) in [5.41, 5.74) is 7.03. The predicted molar refractivity (Wildman–Crippen MR) is 60.5 cm³/mol. The van der Waals surface area contributed by atoms with Gasteiger partial charge in [-0.3, -0.25) is 0 Å². The molecule has 0 aliphatic heterocycles. The number of hydrogen-bond acceptors (Lipinski definition) is 1. The fourth-order valence-corrected chi connectivity index (χ4v) is 1.23. The lowest BCUT2D eigenvalue weighted by atomic mass is 10.1. The Morgan fingerprint density at radius 2 is 2.00 bits per heavy atom. The summed E-state index contributed by atoms with van der Waals surface area (Å²) in [4.78, 5) is 0. The van der Waals surface area contributed by atoms with Crippen LogP contribution < -0.4 is 5.73 Å². The minimum absolute atomic E-state index is 0.386. The van der Waals surface area contributed by atoms with Gasteiger partial charge in [0.25, 0.3) is 0 Å². The summed E-state index contributed by atoms with van der Waals surface area (Å²) >= 11 is 0. The van der Waals surface area contributed by atoms with Crippen molar-refractivity contribution >= 4 is 0 Å². The van der Waals surface area contributed by atoms with Crippen molar-refractivity contribution in [2.24, 2.45) is 11.7 Å². The van der Waals surface area contributed by atoms with Crippen LogP contribution in [0.3, 0.4) is 0 Å². The quantitative estimate of drug-likeness (QED) is 0.662. The summed E-state index contributed by atoms with van der Waals surface area (Å²) in [5, 5.41) is 0. The zero-order valence-electron chi connectivity index (χ0n) is 8.96. The lowest BCUT2D eigenvalue weighted by Crippen LogP contribution is -2.02. The molecule has 0 bridgehead atoms. The highest BCUT2D eigenvalue weighted by atomic mass is 14.7. The van der Waals surface area contributed by atoms with Crippen LogP contribution in [0.5, 0.6) is 0 Å². The molecule has 74 valence electrons. The molecular weight excluding hydrogens is 158 g/mol. The van der Waals surface area contributed by atoms with Crippen LogP contribution in [0.4, 0.5) is 0 Å². The van der Waals surface area contributed by atoms with Crippen molar-refractivity contribution in [2.45, 2.75) is 33.2 Å². The molecule has 0 radical (unpaired) electrons. The second-order valence-electron chi connectivity index (χ2n) is 2.91. The van der Waals surface area contributed by atoms with E-state index >= 15 is 0 Å². The maximum atomic E-state index is 5.72. The zero-order chi connectivity index (χ0) is 10.3. The van der Waals surface area contributed by atoms with Crippen molar-refractivity contribution < 1.29 is 0 Å². The standard InChI is InChI=1S/C10H15N.C2H6/c1-3-5-8(6-4-2)9-7-10(9)11;1-2/h3-6,9-10H,1,7,11H2,2H3;1-2H3/b6-4-,8-5+;. The Morgan fingerprint density at radius 3 is 2.31 bits per heavy atom. The average Bonchev–Trinajstić information content (AvgIpc) is 2.86. The largest absolute Gasteiger partial charge is 0.327 e. The summed E-state index contributed by atoms with van der Waals surface area (Å²) in [6.07, 6.45) is 9.14. The summed E-state index contributed by atoms with van der Waals surface area (Å²) in [6.45, 7) is 9.69.